The van der Waals surface area contributed by atoms with E-state index in [9.17, 15) is 35.1 Å². The van der Waals surface area contributed by atoms with E-state index in [4.69, 9.17) is 0 Å². The van der Waals surface area contributed by atoms with Crippen molar-refractivity contribution in [2.24, 2.45) is 0 Å². The molecule has 18 heteroatoms. The van der Waals surface area contributed by atoms with Gasteiger partial charge in [0.05, 0.1) is 36.2 Å². The molecule has 0 aliphatic carbocycles. The van der Waals surface area contributed by atoms with Crippen LogP contribution in [-0.4, -0.2) is 64.8 Å². The zero-order chi connectivity index (χ0) is 36.6. The summed E-state index contributed by atoms with van der Waals surface area (Å²) in [6.45, 7) is -0.279. The number of nitrogens with one attached hydrogen (secondary N) is 2. The summed E-state index contributed by atoms with van der Waals surface area (Å²) in [4.78, 5) is 31.9. The van der Waals surface area contributed by atoms with Gasteiger partial charge in [-0.05, 0) is 43.3 Å². The SMILES string of the molecule is CC(Nc1cnc(-c2ccncc2F)c(-c2cccnc2)n1)C(F)(F)F.Fc1cnccc1-c1ncc(NCC(F)(F)F)nc1-c1cccnc1. The zero-order valence-corrected chi connectivity index (χ0v) is 26.1. The maximum atomic E-state index is 14.1. The van der Waals surface area contributed by atoms with Gasteiger partial charge in [-0.1, -0.05) is 0 Å². The smallest absolute Gasteiger partial charge is 0.360 e. The van der Waals surface area contributed by atoms with Gasteiger partial charge in [0.15, 0.2) is 11.6 Å². The van der Waals surface area contributed by atoms with Gasteiger partial charge >= 0.3 is 12.4 Å². The maximum Gasteiger partial charge on any atom is 0.408 e. The van der Waals surface area contributed by atoms with E-state index in [1.54, 1.807) is 24.3 Å². The summed E-state index contributed by atoms with van der Waals surface area (Å²) in [5.41, 5.74) is 2.07. The molecule has 0 bridgehead atoms. The normalized spacial score (nSPS) is 12.0. The Morgan fingerprint density at radius 1 is 0.588 bits per heavy atom. The third-order valence-electron chi connectivity index (χ3n) is 6.80. The largest absolute Gasteiger partial charge is 0.408 e. The fourth-order valence-corrected chi connectivity index (χ4v) is 4.36. The Labute approximate surface area is 284 Å². The van der Waals surface area contributed by atoms with E-state index < -0.39 is 36.6 Å². The summed E-state index contributed by atoms with van der Waals surface area (Å²) < 4.78 is 104. The van der Waals surface area contributed by atoms with Crippen molar-refractivity contribution in [3.8, 4) is 45.0 Å². The highest BCUT2D eigenvalue weighted by Gasteiger charge is 2.36. The van der Waals surface area contributed by atoms with Crippen LogP contribution in [0.5, 0.6) is 0 Å². The van der Waals surface area contributed by atoms with E-state index in [-0.39, 0.29) is 45.5 Å². The second kappa shape index (κ2) is 15.6. The molecular formula is C33H24F8N10. The van der Waals surface area contributed by atoms with Gasteiger partial charge in [0.25, 0.3) is 0 Å². The third kappa shape index (κ3) is 9.49. The quantitative estimate of drug-likeness (QED) is 0.151. The van der Waals surface area contributed by atoms with Gasteiger partial charge in [0.1, 0.15) is 35.6 Å². The van der Waals surface area contributed by atoms with E-state index in [1.165, 1.54) is 49.3 Å². The molecule has 0 saturated carbocycles. The van der Waals surface area contributed by atoms with Crippen LogP contribution in [0.1, 0.15) is 6.92 Å². The van der Waals surface area contributed by atoms with Crippen molar-refractivity contribution in [2.45, 2.75) is 25.3 Å². The number of halogens is 8. The second-order valence-corrected chi connectivity index (χ2v) is 10.5. The Morgan fingerprint density at radius 2 is 1.06 bits per heavy atom. The van der Waals surface area contributed by atoms with Gasteiger partial charge < -0.3 is 10.6 Å². The summed E-state index contributed by atoms with van der Waals surface area (Å²) >= 11 is 0. The number of nitrogens with zero attached hydrogens (tertiary/aromatic N) is 8. The highest BCUT2D eigenvalue weighted by molar-refractivity contribution is 5.79. The van der Waals surface area contributed by atoms with Crippen LogP contribution in [0.3, 0.4) is 0 Å². The molecule has 6 heterocycles. The molecule has 1 unspecified atom stereocenters. The van der Waals surface area contributed by atoms with E-state index >= 15 is 0 Å². The lowest BCUT2D eigenvalue weighted by atomic mass is 10.1. The molecule has 51 heavy (non-hydrogen) atoms. The van der Waals surface area contributed by atoms with Crippen molar-refractivity contribution in [3.05, 3.63) is 110 Å². The molecule has 0 saturated heterocycles. The molecule has 10 nitrogen and oxygen atoms in total. The number of aromatic nitrogens is 8. The monoisotopic (exact) mass is 712 g/mol. The molecular weight excluding hydrogens is 688 g/mol. The van der Waals surface area contributed by atoms with Crippen LogP contribution < -0.4 is 10.6 Å². The van der Waals surface area contributed by atoms with Crippen LogP contribution >= 0.6 is 0 Å². The van der Waals surface area contributed by atoms with Gasteiger partial charge in [-0.3, -0.25) is 19.9 Å². The lowest BCUT2D eigenvalue weighted by Gasteiger charge is -2.18. The van der Waals surface area contributed by atoms with Gasteiger partial charge in [-0.2, -0.15) is 26.3 Å². The lowest BCUT2D eigenvalue weighted by Crippen LogP contribution is -2.33. The minimum atomic E-state index is -4.44. The van der Waals surface area contributed by atoms with E-state index in [2.05, 4.69) is 50.5 Å². The summed E-state index contributed by atoms with van der Waals surface area (Å²) in [7, 11) is 0. The van der Waals surface area contributed by atoms with Gasteiger partial charge in [0.2, 0.25) is 0 Å². The minimum Gasteiger partial charge on any atom is -0.360 e. The molecule has 262 valence electrons. The number of rotatable bonds is 8. The highest BCUT2D eigenvalue weighted by Crippen LogP contribution is 2.33. The van der Waals surface area contributed by atoms with Crippen LogP contribution in [-0.2, 0) is 0 Å². The fraction of sp³-hybridized carbons (Fsp3) is 0.152. The van der Waals surface area contributed by atoms with E-state index in [0.717, 1.165) is 31.7 Å². The Balaban J connectivity index is 0.000000198. The van der Waals surface area contributed by atoms with Crippen LogP contribution in [0.25, 0.3) is 45.0 Å². The standard InChI is InChI=1S/C17H13F4N5.C16H11F4N5/c1-10(17(19,20)21)25-14-9-24-16(12-4-6-23-8-13(12)18)15(26-14)11-3-2-5-22-7-11;17-12-7-22-5-3-11(12)15-14(10-2-1-4-21-6-10)25-13(8-23-15)24-9-16(18,19)20/h2-10H,1H3,(H,25,26);1-8H,9H2,(H,24,25). The van der Waals surface area contributed by atoms with E-state index in [0.29, 0.717) is 11.1 Å². The number of hydrogen-bond donors (Lipinski definition) is 2. The number of anilines is 2. The third-order valence-corrected chi connectivity index (χ3v) is 6.80. The molecule has 0 fully saturated rings. The molecule has 0 aliphatic rings. The zero-order valence-electron chi connectivity index (χ0n) is 26.1. The van der Waals surface area contributed by atoms with Crippen LogP contribution in [0.4, 0.5) is 46.8 Å². The summed E-state index contributed by atoms with van der Waals surface area (Å²) in [6, 6.07) is 7.62. The first-order chi connectivity index (χ1) is 24.3. The molecule has 1 atom stereocenters. The van der Waals surface area contributed by atoms with Crippen molar-refractivity contribution >= 4 is 11.6 Å². The first kappa shape index (κ1) is 36.1. The van der Waals surface area contributed by atoms with Gasteiger partial charge in [-0.15, -0.1) is 0 Å². The molecule has 0 spiro atoms. The molecule has 0 radical (unpaired) electrons. The van der Waals surface area contributed by atoms with Crippen molar-refractivity contribution in [1.82, 2.24) is 39.9 Å². The van der Waals surface area contributed by atoms with Crippen molar-refractivity contribution in [2.75, 3.05) is 17.2 Å². The minimum absolute atomic E-state index is 0.0746. The average Bonchev–Trinajstić information content (AvgIpc) is 3.11. The molecule has 0 aromatic carbocycles. The Morgan fingerprint density at radius 3 is 1.49 bits per heavy atom. The average molecular weight is 713 g/mol. The summed E-state index contributed by atoms with van der Waals surface area (Å²) in [6.07, 6.45) is 4.29. The Kier molecular flexibility index (Phi) is 11.0. The molecule has 6 aromatic heterocycles. The van der Waals surface area contributed by atoms with Crippen LogP contribution in [0.15, 0.2) is 98.4 Å². The van der Waals surface area contributed by atoms with Crippen molar-refractivity contribution in [3.63, 3.8) is 0 Å². The Bertz CT molecular complexity index is 2060. The first-order valence-electron chi connectivity index (χ1n) is 14.7. The summed E-state index contributed by atoms with van der Waals surface area (Å²) in [5.74, 6) is -1.38. The lowest BCUT2D eigenvalue weighted by molar-refractivity contribution is -0.138. The molecule has 0 amide bonds. The molecule has 6 aromatic rings. The predicted molar refractivity (Wildman–Crippen MR) is 171 cm³/mol. The van der Waals surface area contributed by atoms with Crippen LogP contribution in [0, 0.1) is 11.6 Å². The van der Waals surface area contributed by atoms with E-state index in [1.807, 2.05) is 0 Å². The molecule has 2 N–H and O–H groups in total. The summed E-state index contributed by atoms with van der Waals surface area (Å²) in [5, 5.41) is 4.42. The number of hydrogen-bond acceptors (Lipinski definition) is 10. The van der Waals surface area contributed by atoms with Gasteiger partial charge in [-0.25, -0.2) is 28.7 Å². The topological polar surface area (TPSA) is 127 Å². The highest BCUT2D eigenvalue weighted by atomic mass is 19.4. The first-order valence-corrected chi connectivity index (χ1v) is 14.7. The fourth-order valence-electron chi connectivity index (χ4n) is 4.36. The van der Waals surface area contributed by atoms with Crippen molar-refractivity contribution < 1.29 is 35.1 Å². The molecule has 0 aliphatic heterocycles. The predicted octanol–water partition coefficient (Wildman–Crippen LogP) is 7.82. The molecule has 6 rings (SSSR count). The van der Waals surface area contributed by atoms with Crippen molar-refractivity contribution in [1.29, 1.82) is 0 Å². The number of pyridine rings is 4. The maximum absolute atomic E-state index is 14.1. The number of alkyl halides is 6. The second-order valence-electron chi connectivity index (χ2n) is 10.5. The van der Waals surface area contributed by atoms with Gasteiger partial charge in [0, 0.05) is 59.4 Å². The van der Waals surface area contributed by atoms with Crippen LogP contribution in [0.2, 0.25) is 0 Å². The Hall–Kier alpha value is -6.20.